The lowest BCUT2D eigenvalue weighted by molar-refractivity contribution is 0.415. The SMILES string of the molecule is CCCC(NCc1ccc(-c2ccc(OC)c(Cl)c2)o1)c1ccccc1. The number of nitrogens with one attached hydrogen (secondary N) is 1. The van der Waals surface area contributed by atoms with Crippen LogP contribution in [0, 0.1) is 0 Å². The fourth-order valence-electron chi connectivity index (χ4n) is 3.03. The average Bonchev–Trinajstić information content (AvgIpc) is 3.15. The van der Waals surface area contributed by atoms with Crippen LogP contribution in [-0.4, -0.2) is 7.11 Å². The third-order valence-electron chi connectivity index (χ3n) is 4.40. The monoisotopic (exact) mass is 369 g/mol. The molecule has 1 unspecified atom stereocenters. The number of halogens is 1. The molecular formula is C22H24ClNO2. The summed E-state index contributed by atoms with van der Waals surface area (Å²) in [5.41, 5.74) is 2.25. The van der Waals surface area contributed by atoms with Crippen LogP contribution in [0.3, 0.4) is 0 Å². The van der Waals surface area contributed by atoms with E-state index in [4.69, 9.17) is 20.8 Å². The molecule has 0 saturated carbocycles. The Balaban J connectivity index is 1.69. The maximum absolute atomic E-state index is 6.21. The standard InChI is InChI=1S/C22H24ClNO2/c1-3-7-20(16-8-5-4-6-9-16)24-15-18-11-13-21(26-18)17-10-12-22(25-2)19(23)14-17/h4-6,8-14,20,24H,3,7,15H2,1-2H3. The maximum Gasteiger partial charge on any atom is 0.137 e. The zero-order valence-electron chi connectivity index (χ0n) is 15.2. The second-order valence-electron chi connectivity index (χ2n) is 6.25. The Morgan fingerprint density at radius 3 is 2.58 bits per heavy atom. The van der Waals surface area contributed by atoms with Crippen LogP contribution in [0.1, 0.15) is 37.1 Å². The topological polar surface area (TPSA) is 34.4 Å². The van der Waals surface area contributed by atoms with Crippen molar-refractivity contribution in [2.75, 3.05) is 7.11 Å². The highest BCUT2D eigenvalue weighted by molar-refractivity contribution is 6.32. The lowest BCUT2D eigenvalue weighted by atomic mass is 10.0. The van der Waals surface area contributed by atoms with Gasteiger partial charge in [-0.2, -0.15) is 0 Å². The highest BCUT2D eigenvalue weighted by Gasteiger charge is 2.12. The van der Waals surface area contributed by atoms with Crippen molar-refractivity contribution >= 4 is 11.6 Å². The first-order valence-electron chi connectivity index (χ1n) is 8.92. The van der Waals surface area contributed by atoms with Crippen LogP contribution in [-0.2, 0) is 6.54 Å². The van der Waals surface area contributed by atoms with Crippen molar-refractivity contribution in [1.29, 1.82) is 0 Å². The van der Waals surface area contributed by atoms with Crippen LogP contribution in [0.15, 0.2) is 65.1 Å². The minimum atomic E-state index is 0.324. The molecule has 1 atom stereocenters. The van der Waals surface area contributed by atoms with Gasteiger partial charge in [-0.3, -0.25) is 0 Å². The average molecular weight is 370 g/mol. The molecule has 4 heteroatoms. The Morgan fingerprint density at radius 1 is 1.08 bits per heavy atom. The second-order valence-corrected chi connectivity index (χ2v) is 6.66. The zero-order chi connectivity index (χ0) is 18.4. The third kappa shape index (κ3) is 4.48. The molecule has 3 nitrogen and oxygen atoms in total. The van der Waals surface area contributed by atoms with Crippen molar-refractivity contribution in [3.63, 3.8) is 0 Å². The van der Waals surface area contributed by atoms with Gasteiger partial charge in [-0.1, -0.05) is 55.3 Å². The van der Waals surface area contributed by atoms with Gasteiger partial charge in [0.1, 0.15) is 17.3 Å². The molecule has 0 fully saturated rings. The van der Waals surface area contributed by atoms with Crippen molar-refractivity contribution in [2.24, 2.45) is 0 Å². The van der Waals surface area contributed by atoms with E-state index in [0.717, 1.165) is 29.9 Å². The minimum Gasteiger partial charge on any atom is -0.495 e. The van der Waals surface area contributed by atoms with Crippen LogP contribution in [0.2, 0.25) is 5.02 Å². The van der Waals surface area contributed by atoms with E-state index in [0.29, 0.717) is 23.4 Å². The van der Waals surface area contributed by atoms with E-state index in [-0.39, 0.29) is 0 Å². The van der Waals surface area contributed by atoms with Gasteiger partial charge in [0.05, 0.1) is 18.7 Å². The molecule has 0 spiro atoms. The lowest BCUT2D eigenvalue weighted by Crippen LogP contribution is -2.20. The van der Waals surface area contributed by atoms with Crippen molar-refractivity contribution in [3.05, 3.63) is 77.0 Å². The molecule has 0 bridgehead atoms. The Labute approximate surface area is 159 Å². The number of rotatable bonds is 8. The smallest absolute Gasteiger partial charge is 0.137 e. The number of hydrogen-bond donors (Lipinski definition) is 1. The molecule has 26 heavy (non-hydrogen) atoms. The fraction of sp³-hybridized carbons (Fsp3) is 0.273. The Bertz CT molecular complexity index is 829. The summed E-state index contributed by atoms with van der Waals surface area (Å²) in [6, 6.07) is 20.5. The molecule has 3 rings (SSSR count). The van der Waals surface area contributed by atoms with Gasteiger partial charge in [-0.25, -0.2) is 0 Å². The molecule has 2 aromatic carbocycles. The van der Waals surface area contributed by atoms with Crippen LogP contribution >= 0.6 is 11.6 Å². The van der Waals surface area contributed by atoms with Crippen LogP contribution in [0.4, 0.5) is 0 Å². The molecule has 1 heterocycles. The van der Waals surface area contributed by atoms with E-state index >= 15 is 0 Å². The van der Waals surface area contributed by atoms with Gasteiger partial charge in [0.25, 0.3) is 0 Å². The van der Waals surface area contributed by atoms with Gasteiger partial charge in [0, 0.05) is 11.6 Å². The third-order valence-corrected chi connectivity index (χ3v) is 4.70. The number of ether oxygens (including phenoxy) is 1. The largest absolute Gasteiger partial charge is 0.495 e. The van der Waals surface area contributed by atoms with Gasteiger partial charge in [0.15, 0.2) is 0 Å². The van der Waals surface area contributed by atoms with Crippen LogP contribution in [0.5, 0.6) is 5.75 Å². The summed E-state index contributed by atoms with van der Waals surface area (Å²) in [4.78, 5) is 0. The summed E-state index contributed by atoms with van der Waals surface area (Å²) in [6.45, 7) is 2.89. The molecular weight excluding hydrogens is 346 g/mol. The molecule has 0 saturated heterocycles. The fourth-order valence-corrected chi connectivity index (χ4v) is 3.29. The van der Waals surface area contributed by atoms with E-state index in [1.165, 1.54) is 5.56 Å². The number of furan rings is 1. The quantitative estimate of drug-likeness (QED) is 0.510. The van der Waals surface area contributed by atoms with Gasteiger partial charge in [0.2, 0.25) is 0 Å². The molecule has 0 radical (unpaired) electrons. The summed E-state index contributed by atoms with van der Waals surface area (Å²) in [5, 5.41) is 4.18. The summed E-state index contributed by atoms with van der Waals surface area (Å²) in [5.74, 6) is 2.37. The summed E-state index contributed by atoms with van der Waals surface area (Å²) in [6.07, 6.45) is 2.21. The molecule has 3 aromatic rings. The Hall–Kier alpha value is -2.23. The van der Waals surface area contributed by atoms with E-state index in [9.17, 15) is 0 Å². The predicted molar refractivity (Wildman–Crippen MR) is 107 cm³/mol. The van der Waals surface area contributed by atoms with Crippen molar-refractivity contribution in [3.8, 4) is 17.1 Å². The molecule has 0 aliphatic heterocycles. The Morgan fingerprint density at radius 2 is 1.88 bits per heavy atom. The van der Waals surface area contributed by atoms with Gasteiger partial charge >= 0.3 is 0 Å². The maximum atomic E-state index is 6.21. The molecule has 0 aliphatic rings. The zero-order valence-corrected chi connectivity index (χ0v) is 15.9. The first-order chi connectivity index (χ1) is 12.7. The van der Waals surface area contributed by atoms with Gasteiger partial charge in [-0.05, 0) is 42.3 Å². The van der Waals surface area contributed by atoms with Crippen molar-refractivity contribution in [1.82, 2.24) is 5.32 Å². The van der Waals surface area contributed by atoms with Crippen molar-refractivity contribution < 1.29 is 9.15 Å². The lowest BCUT2D eigenvalue weighted by Gasteiger charge is -2.17. The van der Waals surface area contributed by atoms with Gasteiger partial charge in [-0.15, -0.1) is 0 Å². The second kappa shape index (κ2) is 8.93. The molecule has 0 amide bonds. The normalized spacial score (nSPS) is 12.1. The summed E-state index contributed by atoms with van der Waals surface area (Å²) < 4.78 is 11.2. The molecule has 1 aromatic heterocycles. The van der Waals surface area contributed by atoms with E-state index in [1.54, 1.807) is 7.11 Å². The minimum absolute atomic E-state index is 0.324. The van der Waals surface area contributed by atoms with E-state index < -0.39 is 0 Å². The van der Waals surface area contributed by atoms with Crippen molar-refractivity contribution in [2.45, 2.75) is 32.4 Å². The summed E-state index contributed by atoms with van der Waals surface area (Å²) in [7, 11) is 1.61. The van der Waals surface area contributed by atoms with Crippen LogP contribution < -0.4 is 10.1 Å². The molecule has 0 aliphatic carbocycles. The van der Waals surface area contributed by atoms with E-state index in [2.05, 4.69) is 36.5 Å². The molecule has 1 N–H and O–H groups in total. The number of methoxy groups -OCH3 is 1. The molecule has 136 valence electrons. The highest BCUT2D eigenvalue weighted by atomic mass is 35.5. The van der Waals surface area contributed by atoms with Crippen LogP contribution in [0.25, 0.3) is 11.3 Å². The highest BCUT2D eigenvalue weighted by Crippen LogP contribution is 2.31. The first kappa shape index (κ1) is 18.6. The Kier molecular flexibility index (Phi) is 6.37. The predicted octanol–water partition coefficient (Wildman–Crippen LogP) is 6.24. The van der Waals surface area contributed by atoms with E-state index in [1.807, 2.05) is 36.4 Å². The first-order valence-corrected chi connectivity index (χ1v) is 9.30. The van der Waals surface area contributed by atoms with Gasteiger partial charge < -0.3 is 14.5 Å². The number of hydrogen-bond acceptors (Lipinski definition) is 3. The summed E-state index contributed by atoms with van der Waals surface area (Å²) >= 11 is 6.21. The number of benzene rings is 2.